The summed E-state index contributed by atoms with van der Waals surface area (Å²) >= 11 is 0. The van der Waals surface area contributed by atoms with Crippen LogP contribution < -0.4 is 10.1 Å². The SMILES string of the molecule is Cc1ccc(-c2ncnc(Nc3ccccc3OC(F)(F)F)c2O)cc1. The van der Waals surface area contributed by atoms with Gasteiger partial charge < -0.3 is 15.2 Å². The van der Waals surface area contributed by atoms with E-state index in [2.05, 4.69) is 20.0 Å². The molecule has 3 rings (SSSR count). The molecule has 1 aromatic heterocycles. The van der Waals surface area contributed by atoms with Crippen molar-refractivity contribution in [2.24, 2.45) is 0 Å². The number of nitrogens with zero attached hydrogens (tertiary/aromatic N) is 2. The number of aromatic nitrogens is 2. The molecule has 0 aliphatic rings. The first-order valence-electron chi connectivity index (χ1n) is 7.56. The number of halogens is 3. The second kappa shape index (κ2) is 6.91. The molecule has 0 fully saturated rings. The van der Waals surface area contributed by atoms with Gasteiger partial charge in [0.25, 0.3) is 0 Å². The van der Waals surface area contributed by atoms with Crippen molar-refractivity contribution in [2.75, 3.05) is 5.32 Å². The second-order valence-electron chi connectivity index (χ2n) is 5.45. The van der Waals surface area contributed by atoms with Gasteiger partial charge in [-0.05, 0) is 19.1 Å². The molecule has 0 radical (unpaired) electrons. The maximum absolute atomic E-state index is 12.5. The van der Waals surface area contributed by atoms with Gasteiger partial charge in [-0.1, -0.05) is 42.0 Å². The van der Waals surface area contributed by atoms with Crippen molar-refractivity contribution < 1.29 is 23.0 Å². The molecule has 0 bridgehead atoms. The molecule has 0 saturated heterocycles. The highest BCUT2D eigenvalue weighted by Crippen LogP contribution is 2.37. The summed E-state index contributed by atoms with van der Waals surface area (Å²) in [5.74, 6) is -0.748. The Morgan fingerprint density at radius 3 is 2.38 bits per heavy atom. The number of anilines is 2. The molecule has 26 heavy (non-hydrogen) atoms. The lowest BCUT2D eigenvalue weighted by Gasteiger charge is -2.15. The Kier molecular flexibility index (Phi) is 4.66. The first-order valence-corrected chi connectivity index (χ1v) is 7.56. The molecule has 5 nitrogen and oxygen atoms in total. The molecule has 2 aromatic carbocycles. The molecule has 1 heterocycles. The number of hydrogen-bond acceptors (Lipinski definition) is 5. The molecule has 0 spiro atoms. The number of hydrogen-bond donors (Lipinski definition) is 2. The Labute approximate surface area is 147 Å². The van der Waals surface area contributed by atoms with Gasteiger partial charge in [-0.15, -0.1) is 13.2 Å². The zero-order chi connectivity index (χ0) is 18.7. The summed E-state index contributed by atoms with van der Waals surface area (Å²) < 4.78 is 41.6. The molecule has 3 aromatic rings. The van der Waals surface area contributed by atoms with Crippen LogP contribution in [0, 0.1) is 6.92 Å². The van der Waals surface area contributed by atoms with Gasteiger partial charge in [0.05, 0.1) is 5.69 Å². The number of nitrogens with one attached hydrogen (secondary N) is 1. The summed E-state index contributed by atoms with van der Waals surface area (Å²) in [5, 5.41) is 13.1. The van der Waals surface area contributed by atoms with Crippen molar-refractivity contribution in [2.45, 2.75) is 13.3 Å². The average molecular weight is 361 g/mol. The first kappa shape index (κ1) is 17.5. The standard InChI is InChI=1S/C18H14F3N3O2/c1-11-6-8-12(9-7-11)15-16(25)17(23-10-22-15)24-13-4-2-3-5-14(13)26-18(19,20)21/h2-10,25H,1H3,(H,22,23,24). The van der Waals surface area contributed by atoms with Crippen LogP contribution in [0.25, 0.3) is 11.3 Å². The number of benzene rings is 2. The maximum atomic E-state index is 12.5. The summed E-state index contributed by atoms with van der Waals surface area (Å²) in [7, 11) is 0. The average Bonchev–Trinajstić information content (AvgIpc) is 2.58. The number of para-hydroxylation sites is 2. The molecule has 0 atom stereocenters. The van der Waals surface area contributed by atoms with Gasteiger partial charge in [0.2, 0.25) is 0 Å². The van der Waals surface area contributed by atoms with Crippen LogP contribution in [0.15, 0.2) is 54.9 Å². The second-order valence-corrected chi connectivity index (χ2v) is 5.45. The van der Waals surface area contributed by atoms with Gasteiger partial charge in [0.1, 0.15) is 12.0 Å². The molecule has 134 valence electrons. The smallest absolute Gasteiger partial charge is 0.503 e. The lowest BCUT2D eigenvalue weighted by Crippen LogP contribution is -2.17. The van der Waals surface area contributed by atoms with E-state index in [0.29, 0.717) is 5.56 Å². The normalized spacial score (nSPS) is 11.2. The Morgan fingerprint density at radius 1 is 1.00 bits per heavy atom. The van der Waals surface area contributed by atoms with E-state index in [0.717, 1.165) is 11.6 Å². The van der Waals surface area contributed by atoms with Crippen LogP contribution in [-0.2, 0) is 0 Å². The van der Waals surface area contributed by atoms with Crippen LogP contribution in [0.1, 0.15) is 5.56 Å². The minimum atomic E-state index is -4.83. The van der Waals surface area contributed by atoms with Gasteiger partial charge in [-0.3, -0.25) is 0 Å². The van der Waals surface area contributed by atoms with E-state index in [1.54, 1.807) is 12.1 Å². The fourth-order valence-electron chi connectivity index (χ4n) is 2.30. The quantitative estimate of drug-likeness (QED) is 0.699. The Bertz CT molecular complexity index is 912. The predicted molar refractivity (Wildman–Crippen MR) is 90.3 cm³/mol. The van der Waals surface area contributed by atoms with E-state index in [1.165, 1.54) is 24.5 Å². The van der Waals surface area contributed by atoms with Crippen LogP contribution in [0.3, 0.4) is 0 Å². The van der Waals surface area contributed by atoms with Crippen molar-refractivity contribution in [3.63, 3.8) is 0 Å². The van der Waals surface area contributed by atoms with Gasteiger partial charge >= 0.3 is 6.36 Å². The third kappa shape index (κ3) is 4.02. The first-order chi connectivity index (χ1) is 12.3. The molecule has 0 aliphatic carbocycles. The third-order valence-corrected chi connectivity index (χ3v) is 3.51. The van der Waals surface area contributed by atoms with Gasteiger partial charge in [0.15, 0.2) is 17.3 Å². The molecule has 8 heteroatoms. The summed E-state index contributed by atoms with van der Waals surface area (Å²) in [6.07, 6.45) is -3.62. The van der Waals surface area contributed by atoms with Gasteiger partial charge in [0, 0.05) is 5.56 Å². The number of rotatable bonds is 4. The minimum Gasteiger partial charge on any atom is -0.503 e. The van der Waals surface area contributed by atoms with E-state index >= 15 is 0 Å². The van der Waals surface area contributed by atoms with Gasteiger partial charge in [-0.25, -0.2) is 9.97 Å². The fourth-order valence-corrected chi connectivity index (χ4v) is 2.30. The van der Waals surface area contributed by atoms with Crippen LogP contribution in [0.4, 0.5) is 24.7 Å². The van der Waals surface area contributed by atoms with Crippen molar-refractivity contribution >= 4 is 11.5 Å². The molecule has 0 unspecified atom stereocenters. The lowest BCUT2D eigenvalue weighted by molar-refractivity contribution is -0.274. The number of aryl methyl sites for hydroxylation is 1. The molecule has 0 aliphatic heterocycles. The third-order valence-electron chi connectivity index (χ3n) is 3.51. The van der Waals surface area contributed by atoms with Crippen molar-refractivity contribution in [3.05, 3.63) is 60.4 Å². The van der Waals surface area contributed by atoms with Crippen LogP contribution in [-0.4, -0.2) is 21.4 Å². The summed E-state index contributed by atoms with van der Waals surface area (Å²) in [4.78, 5) is 7.96. The van der Waals surface area contributed by atoms with E-state index < -0.39 is 12.1 Å². The van der Waals surface area contributed by atoms with Crippen molar-refractivity contribution in [1.29, 1.82) is 0 Å². The Morgan fingerprint density at radius 2 is 1.69 bits per heavy atom. The Balaban J connectivity index is 1.95. The van der Waals surface area contributed by atoms with Crippen LogP contribution in [0.5, 0.6) is 11.5 Å². The lowest BCUT2D eigenvalue weighted by atomic mass is 10.1. The maximum Gasteiger partial charge on any atom is 0.573 e. The fraction of sp³-hybridized carbons (Fsp3) is 0.111. The topological polar surface area (TPSA) is 67.3 Å². The Hall–Kier alpha value is -3.29. The zero-order valence-electron chi connectivity index (χ0n) is 13.6. The number of ether oxygens (including phenoxy) is 1. The van der Waals surface area contributed by atoms with Crippen molar-refractivity contribution in [3.8, 4) is 22.8 Å². The highest BCUT2D eigenvalue weighted by molar-refractivity contribution is 5.76. The van der Waals surface area contributed by atoms with Crippen molar-refractivity contribution in [1.82, 2.24) is 9.97 Å². The highest BCUT2D eigenvalue weighted by Gasteiger charge is 2.32. The highest BCUT2D eigenvalue weighted by atomic mass is 19.4. The van der Waals surface area contributed by atoms with E-state index in [1.807, 2.05) is 19.1 Å². The van der Waals surface area contributed by atoms with Crippen LogP contribution in [0.2, 0.25) is 0 Å². The predicted octanol–water partition coefficient (Wildman–Crippen LogP) is 4.80. The van der Waals surface area contributed by atoms with Crippen LogP contribution >= 0.6 is 0 Å². The summed E-state index contributed by atoms with van der Waals surface area (Å²) in [6.45, 7) is 1.92. The van der Waals surface area contributed by atoms with Gasteiger partial charge in [-0.2, -0.15) is 0 Å². The molecular weight excluding hydrogens is 347 g/mol. The monoisotopic (exact) mass is 361 g/mol. The minimum absolute atomic E-state index is 0.00804. The zero-order valence-corrected chi connectivity index (χ0v) is 13.6. The summed E-state index contributed by atoms with van der Waals surface area (Å²) in [6, 6.07) is 12.8. The number of alkyl halides is 3. The molecule has 0 amide bonds. The van der Waals surface area contributed by atoms with E-state index in [9.17, 15) is 18.3 Å². The summed E-state index contributed by atoms with van der Waals surface area (Å²) in [5.41, 5.74) is 1.96. The molecule has 2 N–H and O–H groups in total. The number of aromatic hydroxyl groups is 1. The molecule has 0 saturated carbocycles. The van der Waals surface area contributed by atoms with E-state index in [-0.39, 0.29) is 22.9 Å². The van der Waals surface area contributed by atoms with E-state index in [4.69, 9.17) is 0 Å². The molecular formula is C18H14F3N3O2. The largest absolute Gasteiger partial charge is 0.573 e.